The van der Waals surface area contributed by atoms with Gasteiger partial charge in [-0.05, 0) is 50.2 Å². The lowest BCUT2D eigenvalue weighted by molar-refractivity contribution is 0.665. The van der Waals surface area contributed by atoms with E-state index in [1.165, 1.54) is 31.2 Å². The first-order valence-electron chi connectivity index (χ1n) is 8.01. The van der Waals surface area contributed by atoms with Gasteiger partial charge in [-0.1, -0.05) is 29.3 Å². The number of hydrogen-bond donors (Lipinski definition) is 2. The number of halogens is 1. The second-order valence-corrected chi connectivity index (χ2v) is 5.91. The van der Waals surface area contributed by atoms with E-state index in [4.69, 9.17) is 11.6 Å². The summed E-state index contributed by atoms with van der Waals surface area (Å²) in [7, 11) is 1.80. The van der Waals surface area contributed by atoms with Crippen LogP contribution in [-0.4, -0.2) is 31.1 Å². The zero-order valence-electron chi connectivity index (χ0n) is 13.2. The van der Waals surface area contributed by atoms with Crippen LogP contribution in [0.1, 0.15) is 37.7 Å². The van der Waals surface area contributed by atoms with Crippen LogP contribution in [0.5, 0.6) is 0 Å². The van der Waals surface area contributed by atoms with Gasteiger partial charge in [-0.15, -0.1) is 0 Å². The number of rotatable bonds is 6. The minimum Gasteiger partial charge on any atom is -0.356 e. The van der Waals surface area contributed by atoms with Crippen molar-refractivity contribution < 1.29 is 0 Å². The molecular formula is C17H25ClN4. The third kappa shape index (κ3) is 6.06. The fourth-order valence-electron chi connectivity index (χ4n) is 2.57. The van der Waals surface area contributed by atoms with Crippen molar-refractivity contribution in [3.8, 4) is 0 Å². The summed E-state index contributed by atoms with van der Waals surface area (Å²) in [4.78, 5) is 8.34. The molecule has 0 spiro atoms. The zero-order chi connectivity index (χ0) is 15.6. The topological polar surface area (TPSA) is 49.3 Å². The van der Waals surface area contributed by atoms with Crippen LogP contribution in [0.3, 0.4) is 0 Å². The van der Waals surface area contributed by atoms with Crippen molar-refractivity contribution in [1.82, 2.24) is 15.6 Å². The normalized spacial score (nSPS) is 15.4. The Bertz CT molecular complexity index is 508. The molecule has 1 aromatic heterocycles. The predicted molar refractivity (Wildman–Crippen MR) is 93.5 cm³/mol. The van der Waals surface area contributed by atoms with Gasteiger partial charge in [-0.2, -0.15) is 0 Å². The van der Waals surface area contributed by atoms with Crippen LogP contribution in [-0.2, 0) is 6.42 Å². The van der Waals surface area contributed by atoms with Gasteiger partial charge in [-0.25, -0.2) is 4.98 Å². The van der Waals surface area contributed by atoms with E-state index in [-0.39, 0.29) is 0 Å². The molecule has 2 rings (SSSR count). The van der Waals surface area contributed by atoms with Gasteiger partial charge in [0.25, 0.3) is 0 Å². The Morgan fingerprint density at radius 1 is 1.23 bits per heavy atom. The Hall–Kier alpha value is -1.55. The molecule has 0 aromatic carbocycles. The fraction of sp³-hybridized carbons (Fsp3) is 0.529. The molecule has 0 atom stereocenters. The first-order chi connectivity index (χ1) is 10.8. The van der Waals surface area contributed by atoms with Crippen molar-refractivity contribution in [2.75, 3.05) is 20.1 Å². The molecule has 0 unspecified atom stereocenters. The monoisotopic (exact) mass is 320 g/mol. The van der Waals surface area contributed by atoms with Crippen molar-refractivity contribution in [3.05, 3.63) is 40.7 Å². The van der Waals surface area contributed by atoms with Crippen molar-refractivity contribution >= 4 is 17.6 Å². The highest BCUT2D eigenvalue weighted by molar-refractivity contribution is 6.29. The Labute approximate surface area is 138 Å². The SMILES string of the molecule is CN=C(NCCC1=CCCCC1)NCCc1ccc(Cl)nc1. The lowest BCUT2D eigenvalue weighted by atomic mass is 9.97. The maximum absolute atomic E-state index is 5.78. The van der Waals surface area contributed by atoms with Crippen LogP contribution >= 0.6 is 11.6 Å². The van der Waals surface area contributed by atoms with E-state index in [2.05, 4.69) is 26.7 Å². The standard InChI is InChI=1S/C17H25ClN4/c1-19-17(20-11-9-14-5-3-2-4-6-14)21-12-10-15-7-8-16(18)22-13-15/h5,7-8,13H,2-4,6,9-12H2,1H3,(H2,19,20,21). The van der Waals surface area contributed by atoms with E-state index in [9.17, 15) is 0 Å². The van der Waals surface area contributed by atoms with Crippen LogP contribution in [0.4, 0.5) is 0 Å². The molecule has 5 heteroatoms. The highest BCUT2D eigenvalue weighted by Crippen LogP contribution is 2.19. The summed E-state index contributed by atoms with van der Waals surface area (Å²) in [5, 5.41) is 7.24. The number of allylic oxidation sites excluding steroid dienone is 1. The Balaban J connectivity index is 1.64. The highest BCUT2D eigenvalue weighted by atomic mass is 35.5. The van der Waals surface area contributed by atoms with E-state index in [1.807, 2.05) is 18.3 Å². The molecule has 4 nitrogen and oxygen atoms in total. The number of nitrogens with one attached hydrogen (secondary N) is 2. The third-order valence-electron chi connectivity index (χ3n) is 3.84. The molecule has 120 valence electrons. The third-order valence-corrected chi connectivity index (χ3v) is 4.07. The fourth-order valence-corrected chi connectivity index (χ4v) is 2.69. The minimum atomic E-state index is 0.534. The predicted octanol–water partition coefficient (Wildman–Crippen LogP) is 3.33. The second kappa shape index (κ2) is 9.46. The van der Waals surface area contributed by atoms with Crippen LogP contribution in [0, 0.1) is 0 Å². The summed E-state index contributed by atoms with van der Waals surface area (Å²) in [6.45, 7) is 1.76. The molecule has 1 aliphatic rings. The number of guanidine groups is 1. The molecule has 0 saturated heterocycles. The van der Waals surface area contributed by atoms with Crippen molar-refractivity contribution in [3.63, 3.8) is 0 Å². The summed E-state index contributed by atoms with van der Waals surface area (Å²) in [6, 6.07) is 3.82. The van der Waals surface area contributed by atoms with Gasteiger partial charge in [0, 0.05) is 26.3 Å². The molecule has 1 aliphatic carbocycles. The van der Waals surface area contributed by atoms with Gasteiger partial charge in [0.05, 0.1) is 0 Å². The lowest BCUT2D eigenvalue weighted by Crippen LogP contribution is -2.38. The Kier molecular flexibility index (Phi) is 7.23. The smallest absolute Gasteiger partial charge is 0.190 e. The van der Waals surface area contributed by atoms with Gasteiger partial charge in [0.1, 0.15) is 5.15 Å². The van der Waals surface area contributed by atoms with Crippen LogP contribution in [0.15, 0.2) is 35.0 Å². The molecule has 22 heavy (non-hydrogen) atoms. The summed E-state index contributed by atoms with van der Waals surface area (Å²) >= 11 is 5.78. The van der Waals surface area contributed by atoms with E-state index in [0.29, 0.717) is 5.15 Å². The average Bonchev–Trinajstić information content (AvgIpc) is 2.56. The van der Waals surface area contributed by atoms with Gasteiger partial charge in [0.15, 0.2) is 5.96 Å². The molecule has 0 amide bonds. The average molecular weight is 321 g/mol. The molecule has 0 radical (unpaired) electrons. The maximum atomic E-state index is 5.78. The zero-order valence-corrected chi connectivity index (χ0v) is 14.0. The van der Waals surface area contributed by atoms with Crippen LogP contribution < -0.4 is 10.6 Å². The highest BCUT2D eigenvalue weighted by Gasteiger charge is 2.04. The molecule has 0 aliphatic heterocycles. The first-order valence-corrected chi connectivity index (χ1v) is 8.38. The Morgan fingerprint density at radius 3 is 2.68 bits per heavy atom. The van der Waals surface area contributed by atoms with E-state index in [1.54, 1.807) is 12.6 Å². The quantitative estimate of drug-likeness (QED) is 0.366. The van der Waals surface area contributed by atoms with Gasteiger partial charge < -0.3 is 10.6 Å². The largest absolute Gasteiger partial charge is 0.356 e. The van der Waals surface area contributed by atoms with E-state index >= 15 is 0 Å². The minimum absolute atomic E-state index is 0.534. The van der Waals surface area contributed by atoms with E-state index < -0.39 is 0 Å². The van der Waals surface area contributed by atoms with Gasteiger partial charge >= 0.3 is 0 Å². The molecule has 0 fully saturated rings. The van der Waals surface area contributed by atoms with Gasteiger partial charge in [-0.3, -0.25) is 4.99 Å². The number of aromatic nitrogens is 1. The summed E-state index contributed by atoms with van der Waals surface area (Å²) < 4.78 is 0. The van der Waals surface area contributed by atoms with Crippen LogP contribution in [0.2, 0.25) is 5.15 Å². The molecule has 1 aromatic rings. The maximum Gasteiger partial charge on any atom is 0.190 e. The number of aliphatic imine (C=N–C) groups is 1. The molecule has 1 heterocycles. The van der Waals surface area contributed by atoms with Crippen molar-refractivity contribution in [2.45, 2.75) is 38.5 Å². The molecule has 0 saturated carbocycles. The molecule has 0 bridgehead atoms. The number of nitrogens with zero attached hydrogens (tertiary/aromatic N) is 2. The first kappa shape index (κ1) is 16.8. The van der Waals surface area contributed by atoms with Crippen molar-refractivity contribution in [1.29, 1.82) is 0 Å². The van der Waals surface area contributed by atoms with Gasteiger partial charge in [0.2, 0.25) is 0 Å². The Morgan fingerprint density at radius 2 is 2.05 bits per heavy atom. The van der Waals surface area contributed by atoms with Crippen LogP contribution in [0.25, 0.3) is 0 Å². The lowest BCUT2D eigenvalue weighted by Gasteiger charge is -2.15. The molecular weight excluding hydrogens is 296 g/mol. The number of hydrogen-bond acceptors (Lipinski definition) is 2. The summed E-state index contributed by atoms with van der Waals surface area (Å²) in [5.41, 5.74) is 2.75. The molecule has 2 N–H and O–H groups in total. The van der Waals surface area contributed by atoms with E-state index in [0.717, 1.165) is 31.9 Å². The van der Waals surface area contributed by atoms with Crippen molar-refractivity contribution in [2.24, 2.45) is 4.99 Å². The summed E-state index contributed by atoms with van der Waals surface area (Å²) in [6.07, 6.45) is 11.4. The number of pyridine rings is 1. The second-order valence-electron chi connectivity index (χ2n) is 5.52. The summed E-state index contributed by atoms with van der Waals surface area (Å²) in [5.74, 6) is 0.860.